The number of imide groups is 1. The average molecular weight is 355 g/mol. The van der Waals surface area contributed by atoms with E-state index >= 15 is 0 Å². The quantitative estimate of drug-likeness (QED) is 0.625. The fraction of sp³-hybridized carbons (Fsp3) is 0.357. The van der Waals surface area contributed by atoms with Crippen LogP contribution >= 0.6 is 15.9 Å². The normalized spacial score (nSPS) is 13.5. The molecule has 1 aromatic carbocycles. The summed E-state index contributed by atoms with van der Waals surface area (Å²) in [6, 6.07) is 4.99. The van der Waals surface area contributed by atoms with Gasteiger partial charge in [-0.25, -0.2) is 5.48 Å². The molecule has 21 heavy (non-hydrogen) atoms. The number of benzene rings is 1. The predicted molar refractivity (Wildman–Crippen MR) is 78.5 cm³/mol. The molecule has 0 aromatic heterocycles. The van der Waals surface area contributed by atoms with Gasteiger partial charge in [-0.2, -0.15) is 0 Å². The molecule has 6 nitrogen and oxygen atoms in total. The molecule has 112 valence electrons. The van der Waals surface area contributed by atoms with E-state index in [-0.39, 0.29) is 30.7 Å². The summed E-state index contributed by atoms with van der Waals surface area (Å²) in [5.41, 5.74) is 3.07. The highest BCUT2D eigenvalue weighted by Crippen LogP contribution is 2.26. The predicted octanol–water partition coefficient (Wildman–Crippen LogP) is 1.89. The van der Waals surface area contributed by atoms with Crippen molar-refractivity contribution < 1.29 is 19.2 Å². The van der Waals surface area contributed by atoms with E-state index in [0.29, 0.717) is 24.2 Å². The zero-order valence-electron chi connectivity index (χ0n) is 11.5. The number of amides is 3. The van der Waals surface area contributed by atoms with Crippen LogP contribution in [0, 0.1) is 0 Å². The summed E-state index contributed by atoms with van der Waals surface area (Å²) < 4.78 is 0.750. The van der Waals surface area contributed by atoms with Crippen LogP contribution in [0.5, 0.6) is 0 Å². The van der Waals surface area contributed by atoms with Crippen molar-refractivity contribution in [2.24, 2.45) is 0 Å². The first-order valence-electron chi connectivity index (χ1n) is 6.61. The lowest BCUT2D eigenvalue weighted by atomic mass is 10.1. The van der Waals surface area contributed by atoms with Gasteiger partial charge in [-0.1, -0.05) is 15.9 Å². The Morgan fingerprint density at radius 1 is 1.29 bits per heavy atom. The number of hydrogen-bond donors (Lipinski definition) is 1. The molecule has 1 aliphatic heterocycles. The number of nitrogens with one attached hydrogen (secondary N) is 1. The lowest BCUT2D eigenvalue weighted by molar-refractivity contribution is -0.133. The summed E-state index contributed by atoms with van der Waals surface area (Å²) in [6.45, 7) is 2.36. The Kier molecular flexibility index (Phi) is 5.08. The molecule has 7 heteroatoms. The van der Waals surface area contributed by atoms with E-state index in [4.69, 9.17) is 4.84 Å². The van der Waals surface area contributed by atoms with E-state index in [9.17, 15) is 14.4 Å². The third-order valence-corrected chi connectivity index (χ3v) is 3.54. The summed E-state index contributed by atoms with van der Waals surface area (Å²) in [5.74, 6) is -0.898. The molecule has 1 aromatic rings. The minimum absolute atomic E-state index is 0.192. The molecule has 0 saturated carbocycles. The molecule has 0 aliphatic carbocycles. The Morgan fingerprint density at radius 3 is 2.71 bits per heavy atom. The maximum Gasteiger partial charge on any atom is 0.261 e. The summed E-state index contributed by atoms with van der Waals surface area (Å²) in [5, 5.41) is 0. The second-order valence-corrected chi connectivity index (χ2v) is 5.43. The Bertz CT molecular complexity index is 588. The largest absolute Gasteiger partial charge is 0.274 e. The van der Waals surface area contributed by atoms with Crippen LogP contribution in [0.3, 0.4) is 0 Å². The number of hydrogen-bond acceptors (Lipinski definition) is 4. The van der Waals surface area contributed by atoms with Crippen molar-refractivity contribution in [3.63, 3.8) is 0 Å². The maximum atomic E-state index is 12.2. The van der Waals surface area contributed by atoms with Crippen molar-refractivity contribution in [2.45, 2.75) is 19.8 Å². The maximum absolute atomic E-state index is 12.2. The van der Waals surface area contributed by atoms with Gasteiger partial charge in [-0.15, -0.1) is 0 Å². The van der Waals surface area contributed by atoms with E-state index in [1.54, 1.807) is 25.1 Å². The number of rotatable bonds is 6. The van der Waals surface area contributed by atoms with Crippen molar-refractivity contribution in [3.05, 3.63) is 33.8 Å². The fourth-order valence-corrected chi connectivity index (χ4v) is 2.43. The fourth-order valence-electron chi connectivity index (χ4n) is 2.07. The van der Waals surface area contributed by atoms with Crippen molar-refractivity contribution in [3.8, 4) is 0 Å². The van der Waals surface area contributed by atoms with Crippen LogP contribution in [0.15, 0.2) is 22.7 Å². The van der Waals surface area contributed by atoms with Gasteiger partial charge in [-0.05, 0) is 31.5 Å². The van der Waals surface area contributed by atoms with Crippen LogP contribution < -0.4 is 5.48 Å². The number of halogens is 1. The monoisotopic (exact) mass is 354 g/mol. The first-order chi connectivity index (χ1) is 10.0. The molecule has 0 atom stereocenters. The number of fused-ring (bicyclic) bond motifs is 1. The second kappa shape index (κ2) is 6.82. The van der Waals surface area contributed by atoms with E-state index < -0.39 is 0 Å². The third-order valence-electron chi connectivity index (χ3n) is 3.05. The lowest BCUT2D eigenvalue weighted by Gasteiger charge is -2.13. The van der Waals surface area contributed by atoms with Gasteiger partial charge in [0.25, 0.3) is 11.8 Å². The second-order valence-electron chi connectivity index (χ2n) is 4.51. The van der Waals surface area contributed by atoms with Gasteiger partial charge in [0.1, 0.15) is 0 Å². The van der Waals surface area contributed by atoms with Crippen molar-refractivity contribution >= 4 is 33.7 Å². The number of carbonyl (C=O) groups excluding carboxylic acids is 3. The molecule has 0 saturated heterocycles. The van der Waals surface area contributed by atoms with Gasteiger partial charge >= 0.3 is 0 Å². The Hall–Kier alpha value is -1.73. The number of carbonyl (C=O) groups is 3. The molecule has 1 N–H and O–H groups in total. The minimum atomic E-state index is -0.318. The van der Waals surface area contributed by atoms with Crippen molar-refractivity contribution in [1.29, 1.82) is 0 Å². The minimum Gasteiger partial charge on any atom is -0.274 e. The molecule has 0 fully saturated rings. The topological polar surface area (TPSA) is 75.7 Å². The van der Waals surface area contributed by atoms with Crippen molar-refractivity contribution in [1.82, 2.24) is 10.4 Å². The highest BCUT2D eigenvalue weighted by molar-refractivity contribution is 9.10. The molecule has 0 unspecified atom stereocenters. The van der Waals surface area contributed by atoms with Crippen LogP contribution in [-0.4, -0.2) is 35.8 Å². The van der Waals surface area contributed by atoms with Gasteiger partial charge in [0, 0.05) is 17.4 Å². The molecular weight excluding hydrogens is 340 g/mol. The van der Waals surface area contributed by atoms with Crippen LogP contribution in [0.2, 0.25) is 0 Å². The zero-order valence-corrected chi connectivity index (χ0v) is 13.1. The highest BCUT2D eigenvalue weighted by atomic mass is 79.9. The summed E-state index contributed by atoms with van der Waals surface area (Å²) in [6.07, 6.45) is 0.586. The van der Waals surface area contributed by atoms with Gasteiger partial charge < -0.3 is 0 Å². The molecule has 0 spiro atoms. The van der Waals surface area contributed by atoms with Gasteiger partial charge in [0.2, 0.25) is 5.91 Å². The smallest absolute Gasteiger partial charge is 0.261 e. The van der Waals surface area contributed by atoms with Gasteiger partial charge in [0.15, 0.2) is 0 Å². The summed E-state index contributed by atoms with van der Waals surface area (Å²) in [4.78, 5) is 41.6. The summed E-state index contributed by atoms with van der Waals surface area (Å²) >= 11 is 3.28. The van der Waals surface area contributed by atoms with Gasteiger partial charge in [-0.3, -0.25) is 24.1 Å². The lowest BCUT2D eigenvalue weighted by Crippen LogP contribution is -2.32. The molecule has 0 radical (unpaired) electrons. The molecule has 3 amide bonds. The van der Waals surface area contributed by atoms with Gasteiger partial charge in [0.05, 0.1) is 17.7 Å². The molecule has 1 heterocycles. The van der Waals surface area contributed by atoms with E-state index in [1.807, 2.05) is 0 Å². The number of hydroxylamine groups is 1. The molecule has 2 rings (SSSR count). The first kappa shape index (κ1) is 15.7. The van der Waals surface area contributed by atoms with Crippen LogP contribution in [0.1, 0.15) is 40.5 Å². The highest BCUT2D eigenvalue weighted by Gasteiger charge is 2.35. The standard InChI is InChI=1S/C14H15BrN2O4/c1-2-21-16-12(18)4-3-7-17-13(19)10-6-5-9(15)8-11(10)14(17)20/h5-6,8H,2-4,7H2,1H3,(H,16,18). The third kappa shape index (κ3) is 3.48. The van der Waals surface area contributed by atoms with E-state index in [0.717, 1.165) is 4.47 Å². The Balaban J connectivity index is 1.93. The van der Waals surface area contributed by atoms with Crippen LogP contribution in [-0.2, 0) is 9.63 Å². The molecule has 0 bridgehead atoms. The Labute approximate surface area is 130 Å². The van der Waals surface area contributed by atoms with Crippen molar-refractivity contribution in [2.75, 3.05) is 13.2 Å². The zero-order chi connectivity index (χ0) is 15.4. The first-order valence-corrected chi connectivity index (χ1v) is 7.40. The van der Waals surface area contributed by atoms with E-state index in [1.165, 1.54) is 4.90 Å². The number of nitrogens with zero attached hydrogens (tertiary/aromatic N) is 1. The Morgan fingerprint density at radius 2 is 2.00 bits per heavy atom. The average Bonchev–Trinajstić information content (AvgIpc) is 2.69. The SMILES string of the molecule is CCONC(=O)CCCN1C(=O)c2ccc(Br)cc2C1=O. The summed E-state index contributed by atoms with van der Waals surface area (Å²) in [7, 11) is 0. The van der Waals surface area contributed by atoms with Crippen LogP contribution in [0.25, 0.3) is 0 Å². The van der Waals surface area contributed by atoms with E-state index in [2.05, 4.69) is 21.4 Å². The molecular formula is C14H15BrN2O4. The molecule has 1 aliphatic rings. The van der Waals surface area contributed by atoms with Crippen LogP contribution in [0.4, 0.5) is 0 Å².